The summed E-state index contributed by atoms with van der Waals surface area (Å²) < 4.78 is 5.71. The molecule has 1 atom stereocenters. The molecule has 3 N–H and O–H groups in total. The van der Waals surface area contributed by atoms with Crippen LogP contribution in [0.2, 0.25) is 0 Å². The Hall–Kier alpha value is -2.37. The summed E-state index contributed by atoms with van der Waals surface area (Å²) in [6, 6.07) is 20.8. The molecule has 0 bridgehead atoms. The smallest absolute Gasteiger partial charge is 0.275 e. The minimum atomic E-state index is 0.147. The van der Waals surface area contributed by atoms with Crippen LogP contribution in [0.4, 0.5) is 0 Å². The van der Waals surface area contributed by atoms with E-state index >= 15 is 0 Å². The first-order valence-electron chi connectivity index (χ1n) is 10.3. The number of hydrogen-bond donors (Lipinski definition) is 3. The van der Waals surface area contributed by atoms with Gasteiger partial charge in [-0.25, -0.2) is 0 Å². The molecule has 5 nitrogen and oxygen atoms in total. The zero-order valence-electron chi connectivity index (χ0n) is 16.8. The van der Waals surface area contributed by atoms with E-state index in [0.717, 1.165) is 44.8 Å². The molecule has 150 valence electrons. The summed E-state index contributed by atoms with van der Waals surface area (Å²) in [6.45, 7) is 5.23. The van der Waals surface area contributed by atoms with Gasteiger partial charge < -0.3 is 19.9 Å². The number of carbonyl (C=O) groups excluding carboxylic acids is 1. The summed E-state index contributed by atoms with van der Waals surface area (Å²) in [5.74, 6) is 1.03. The molecule has 1 aliphatic heterocycles. The van der Waals surface area contributed by atoms with Crippen LogP contribution in [0.1, 0.15) is 18.4 Å². The van der Waals surface area contributed by atoms with E-state index in [1.807, 2.05) is 37.4 Å². The maximum Gasteiger partial charge on any atom is 0.275 e. The molecule has 3 rings (SSSR count). The van der Waals surface area contributed by atoms with E-state index in [2.05, 4.69) is 35.6 Å². The molecule has 28 heavy (non-hydrogen) atoms. The van der Waals surface area contributed by atoms with Crippen LogP contribution in [0.15, 0.2) is 60.7 Å². The van der Waals surface area contributed by atoms with Crippen LogP contribution in [-0.2, 0) is 11.3 Å². The van der Waals surface area contributed by atoms with Gasteiger partial charge in [0, 0.05) is 24.4 Å². The number of rotatable bonds is 9. The SMILES string of the molecule is C[NH+](CCOc1ccccc1)CC(=O)NC1CC[NH+](Cc2ccccc2)CC1. The van der Waals surface area contributed by atoms with Crippen molar-refractivity contribution in [2.45, 2.75) is 25.4 Å². The van der Waals surface area contributed by atoms with Gasteiger partial charge in [-0.1, -0.05) is 48.5 Å². The molecule has 0 aromatic heterocycles. The summed E-state index contributed by atoms with van der Waals surface area (Å²) in [6.07, 6.45) is 2.12. The van der Waals surface area contributed by atoms with Crippen LogP contribution in [0, 0.1) is 0 Å². The highest BCUT2D eigenvalue weighted by Crippen LogP contribution is 2.07. The van der Waals surface area contributed by atoms with E-state index in [4.69, 9.17) is 4.74 Å². The third kappa shape index (κ3) is 6.98. The van der Waals surface area contributed by atoms with Gasteiger partial charge in [-0.2, -0.15) is 0 Å². The predicted octanol–water partition coefficient (Wildman–Crippen LogP) is -0.0562. The Morgan fingerprint density at radius 2 is 1.71 bits per heavy atom. The number of piperidine rings is 1. The van der Waals surface area contributed by atoms with Gasteiger partial charge in [-0.15, -0.1) is 0 Å². The summed E-state index contributed by atoms with van der Waals surface area (Å²) >= 11 is 0. The number of carbonyl (C=O) groups is 1. The lowest BCUT2D eigenvalue weighted by atomic mass is 10.0. The van der Waals surface area contributed by atoms with Crippen LogP contribution < -0.4 is 19.9 Å². The molecule has 1 amide bonds. The largest absolute Gasteiger partial charge is 0.488 e. The number of likely N-dealkylation sites (tertiary alicyclic amines) is 1. The third-order valence-electron chi connectivity index (χ3n) is 5.36. The summed E-state index contributed by atoms with van der Waals surface area (Å²) in [5, 5.41) is 3.23. The van der Waals surface area contributed by atoms with Crippen molar-refractivity contribution in [2.24, 2.45) is 0 Å². The number of amides is 1. The van der Waals surface area contributed by atoms with Gasteiger partial charge in [-0.3, -0.25) is 4.79 Å². The van der Waals surface area contributed by atoms with Gasteiger partial charge in [-0.05, 0) is 12.1 Å². The Bertz CT molecular complexity index is 700. The zero-order valence-corrected chi connectivity index (χ0v) is 16.8. The molecule has 2 aromatic carbocycles. The first-order valence-corrected chi connectivity index (χ1v) is 10.3. The molecule has 1 aliphatic rings. The van der Waals surface area contributed by atoms with Crippen LogP contribution in [-0.4, -0.2) is 51.8 Å². The maximum absolute atomic E-state index is 12.3. The fourth-order valence-electron chi connectivity index (χ4n) is 3.73. The summed E-state index contributed by atoms with van der Waals surface area (Å²) in [7, 11) is 2.04. The van der Waals surface area contributed by atoms with Crippen molar-refractivity contribution in [3.05, 3.63) is 66.2 Å². The van der Waals surface area contributed by atoms with Gasteiger partial charge in [0.25, 0.3) is 5.91 Å². The van der Waals surface area contributed by atoms with Gasteiger partial charge in [0.05, 0.1) is 20.1 Å². The summed E-state index contributed by atoms with van der Waals surface area (Å²) in [5.41, 5.74) is 1.39. The number of ether oxygens (including phenoxy) is 1. The lowest BCUT2D eigenvalue weighted by Crippen LogP contribution is -3.12. The molecule has 0 radical (unpaired) electrons. The van der Waals surface area contributed by atoms with Crippen LogP contribution >= 0.6 is 0 Å². The number of hydrogen-bond acceptors (Lipinski definition) is 2. The molecule has 1 unspecified atom stereocenters. The van der Waals surface area contributed by atoms with Crippen LogP contribution in [0.3, 0.4) is 0 Å². The molecule has 1 fully saturated rings. The van der Waals surface area contributed by atoms with E-state index in [-0.39, 0.29) is 5.91 Å². The average Bonchev–Trinajstić information content (AvgIpc) is 2.71. The van der Waals surface area contributed by atoms with E-state index in [0.29, 0.717) is 19.2 Å². The molecule has 2 aromatic rings. The topological polar surface area (TPSA) is 47.2 Å². The summed E-state index contributed by atoms with van der Waals surface area (Å²) in [4.78, 5) is 15.1. The van der Waals surface area contributed by atoms with Crippen molar-refractivity contribution in [1.29, 1.82) is 0 Å². The minimum absolute atomic E-state index is 0.147. The number of likely N-dealkylation sites (N-methyl/N-ethyl adjacent to an activating group) is 1. The second-order valence-electron chi connectivity index (χ2n) is 7.80. The normalized spacial score (nSPS) is 20.3. The highest BCUT2D eigenvalue weighted by atomic mass is 16.5. The lowest BCUT2D eigenvalue weighted by Gasteiger charge is -2.30. The fourth-order valence-corrected chi connectivity index (χ4v) is 3.73. The maximum atomic E-state index is 12.3. The quantitative estimate of drug-likeness (QED) is 0.568. The first-order chi connectivity index (χ1) is 13.7. The molecule has 0 saturated carbocycles. The van der Waals surface area contributed by atoms with Gasteiger partial charge in [0.1, 0.15) is 25.4 Å². The average molecular weight is 384 g/mol. The Morgan fingerprint density at radius 1 is 1.07 bits per heavy atom. The highest BCUT2D eigenvalue weighted by molar-refractivity contribution is 5.77. The Kier molecular flexibility index (Phi) is 7.88. The van der Waals surface area contributed by atoms with Crippen molar-refractivity contribution in [3.8, 4) is 5.75 Å². The first kappa shape index (κ1) is 20.4. The van der Waals surface area contributed by atoms with E-state index in [9.17, 15) is 4.79 Å². The Balaban J connectivity index is 1.29. The fraction of sp³-hybridized carbons (Fsp3) is 0.435. The Morgan fingerprint density at radius 3 is 2.39 bits per heavy atom. The number of para-hydroxylation sites is 1. The standard InChI is InChI=1S/C23H31N3O2/c1-25(16-17-28-22-10-6-3-7-11-22)19-23(27)24-21-12-14-26(15-13-21)18-20-8-4-2-5-9-20/h2-11,21H,12-19H2,1H3,(H,24,27)/p+2. The van der Waals surface area contributed by atoms with Gasteiger partial charge >= 0.3 is 0 Å². The van der Waals surface area contributed by atoms with Crippen molar-refractivity contribution < 1.29 is 19.3 Å². The number of nitrogens with one attached hydrogen (secondary N) is 3. The molecule has 0 aliphatic carbocycles. The molecule has 1 saturated heterocycles. The van der Waals surface area contributed by atoms with E-state index < -0.39 is 0 Å². The second-order valence-corrected chi connectivity index (χ2v) is 7.80. The van der Waals surface area contributed by atoms with Crippen molar-refractivity contribution >= 4 is 5.91 Å². The molecular formula is C23H33N3O2+2. The molecule has 5 heteroatoms. The van der Waals surface area contributed by atoms with Crippen molar-refractivity contribution in [2.75, 3.05) is 39.8 Å². The van der Waals surface area contributed by atoms with Gasteiger partial charge in [0.15, 0.2) is 6.54 Å². The zero-order chi connectivity index (χ0) is 19.6. The minimum Gasteiger partial charge on any atom is -0.488 e. The lowest BCUT2D eigenvalue weighted by molar-refractivity contribution is -0.918. The van der Waals surface area contributed by atoms with Crippen LogP contribution in [0.5, 0.6) is 5.75 Å². The highest BCUT2D eigenvalue weighted by Gasteiger charge is 2.24. The van der Waals surface area contributed by atoms with E-state index in [1.165, 1.54) is 10.5 Å². The predicted molar refractivity (Wildman–Crippen MR) is 111 cm³/mol. The second kappa shape index (κ2) is 10.8. The Labute approximate surface area is 168 Å². The number of benzene rings is 2. The third-order valence-corrected chi connectivity index (χ3v) is 5.36. The molecular weight excluding hydrogens is 350 g/mol. The number of quaternary nitrogens is 2. The monoisotopic (exact) mass is 383 g/mol. The molecule has 1 heterocycles. The van der Waals surface area contributed by atoms with E-state index in [1.54, 1.807) is 4.90 Å². The van der Waals surface area contributed by atoms with Gasteiger partial charge in [0.2, 0.25) is 0 Å². The molecule has 0 spiro atoms. The van der Waals surface area contributed by atoms with Crippen LogP contribution in [0.25, 0.3) is 0 Å². The van der Waals surface area contributed by atoms with Crippen molar-refractivity contribution in [3.63, 3.8) is 0 Å². The van der Waals surface area contributed by atoms with Crippen molar-refractivity contribution in [1.82, 2.24) is 5.32 Å².